The Labute approximate surface area is 449 Å². The number of carbonyl (C=O) groups excluding carboxylic acids is 2. The number of phenolic OH excluding ortho intramolecular Hbond substituents is 1. The Balaban J connectivity index is 0.828. The average molecular weight is 1050 g/mol. The SMILES string of the molecule is CN(CCCN1C=CN(C)C1N=Nc1ccc(Nc2ccc(N(CCO)CCO)cc2)cc1)C(=O)c1ccc(C(=O)N(C)CCCn2cc[n+](C)c2N=Nc2ccc(Nc3ccc(N(CCO)CCO)cc3)cc2O)cc1. The van der Waals surface area contributed by atoms with Crippen molar-refractivity contribution >= 4 is 63.3 Å². The monoisotopic (exact) mass is 1050 g/mol. The number of azo groups is 2. The molecular formula is C56H71N14O7+. The van der Waals surface area contributed by atoms with Crippen molar-refractivity contribution in [2.24, 2.45) is 27.5 Å². The molecule has 1 aliphatic rings. The zero-order chi connectivity index (χ0) is 54.7. The standard InChI is InChI=1S/C56H70N14O7/c1-63(25-5-27-69-31-29-65(3)55(69)61-59-47-13-11-44(12-14-47)57-45-15-20-49(21-16-45)67(33-37-71)34-38-72)53(76)42-7-9-43(10-8-42)54(77)64(2)26-6-28-70-32-30-66(4)56(70)62-60-51-24-19-48(41-52(51)75)58-46-17-22-50(23-18-46)68(35-39-73)36-40-74/h7-24,29-32,41,55,71-74H,5-6,25-28,33-40H2,1-4H3,(H2,57,58,61,75)/p+1. The fourth-order valence-corrected chi connectivity index (χ4v) is 8.68. The number of imidazole rings is 1. The number of phenols is 1. The van der Waals surface area contributed by atoms with Crippen molar-refractivity contribution in [3.05, 3.63) is 151 Å². The molecule has 6 aromatic rings. The molecule has 7 rings (SSSR count). The maximum absolute atomic E-state index is 13.4. The number of rotatable bonds is 28. The van der Waals surface area contributed by atoms with Gasteiger partial charge in [0.25, 0.3) is 11.8 Å². The Bertz CT molecular complexity index is 2900. The average Bonchev–Trinajstić information content (AvgIpc) is 3.99. The lowest BCUT2D eigenvalue weighted by Crippen LogP contribution is -2.36. The van der Waals surface area contributed by atoms with Crippen molar-refractivity contribution in [2.75, 3.05) is 114 Å². The number of anilines is 6. The van der Waals surface area contributed by atoms with E-state index in [2.05, 4.69) is 36.0 Å². The summed E-state index contributed by atoms with van der Waals surface area (Å²) in [4.78, 5) is 38.1. The minimum atomic E-state index is -0.331. The first-order valence-electron chi connectivity index (χ1n) is 25.6. The Morgan fingerprint density at radius 3 is 1.58 bits per heavy atom. The molecule has 0 aliphatic carbocycles. The minimum absolute atomic E-state index is 0.00706. The van der Waals surface area contributed by atoms with Gasteiger partial charge in [-0.2, -0.15) is 5.11 Å². The first kappa shape index (κ1) is 56.4. The smallest absolute Gasteiger partial charge is 0.421 e. The quantitative estimate of drug-likeness (QED) is 0.0196. The van der Waals surface area contributed by atoms with Crippen molar-refractivity contribution in [2.45, 2.75) is 25.7 Å². The summed E-state index contributed by atoms with van der Waals surface area (Å²) in [5.41, 5.74) is 7.02. The van der Waals surface area contributed by atoms with E-state index < -0.39 is 0 Å². The molecule has 0 saturated carbocycles. The maximum atomic E-state index is 13.4. The van der Waals surface area contributed by atoms with Gasteiger partial charge >= 0.3 is 5.95 Å². The van der Waals surface area contributed by atoms with Gasteiger partial charge in [0.1, 0.15) is 11.4 Å². The fourth-order valence-electron chi connectivity index (χ4n) is 8.68. The van der Waals surface area contributed by atoms with Gasteiger partial charge in [-0.05, 0) is 122 Å². The van der Waals surface area contributed by atoms with Gasteiger partial charge in [0, 0.05) is 136 Å². The third-order valence-corrected chi connectivity index (χ3v) is 13.0. The predicted octanol–water partition coefficient (Wildman–Crippen LogP) is 6.91. The Kier molecular flexibility index (Phi) is 20.5. The second-order valence-electron chi connectivity index (χ2n) is 18.6. The van der Waals surface area contributed by atoms with E-state index in [-0.39, 0.29) is 50.3 Å². The zero-order valence-electron chi connectivity index (χ0n) is 44.2. The molecule has 0 spiro atoms. The number of amides is 2. The van der Waals surface area contributed by atoms with E-state index in [1.807, 2.05) is 136 Å². The maximum Gasteiger partial charge on any atom is 0.421 e. The van der Waals surface area contributed by atoms with E-state index in [4.69, 9.17) is 0 Å². The summed E-state index contributed by atoms with van der Waals surface area (Å²) >= 11 is 0. The molecule has 21 nitrogen and oxygen atoms in total. The number of aromatic hydroxyl groups is 1. The lowest BCUT2D eigenvalue weighted by molar-refractivity contribution is -0.657. The van der Waals surface area contributed by atoms with Crippen molar-refractivity contribution < 1.29 is 39.7 Å². The summed E-state index contributed by atoms with van der Waals surface area (Å²) in [5.74, 6) is 0.213. The third-order valence-electron chi connectivity index (χ3n) is 13.0. The van der Waals surface area contributed by atoms with Crippen LogP contribution in [0.3, 0.4) is 0 Å². The molecule has 2 heterocycles. The lowest BCUT2D eigenvalue weighted by atomic mass is 10.1. The van der Waals surface area contributed by atoms with E-state index >= 15 is 0 Å². The van der Waals surface area contributed by atoms with Crippen molar-refractivity contribution in [3.63, 3.8) is 0 Å². The van der Waals surface area contributed by atoms with Crippen molar-refractivity contribution in [1.82, 2.24) is 24.2 Å². The number of aryl methyl sites for hydroxylation is 2. The Morgan fingerprint density at radius 2 is 1.08 bits per heavy atom. The molecule has 2 amide bonds. The normalized spacial score (nSPS) is 13.2. The molecule has 21 heteroatoms. The summed E-state index contributed by atoms with van der Waals surface area (Å²) < 4.78 is 3.76. The lowest BCUT2D eigenvalue weighted by Gasteiger charge is -2.26. The highest BCUT2D eigenvalue weighted by molar-refractivity contribution is 5.97. The second kappa shape index (κ2) is 28.0. The molecule has 406 valence electrons. The van der Waals surface area contributed by atoms with Gasteiger partial charge in [0.2, 0.25) is 6.29 Å². The van der Waals surface area contributed by atoms with Gasteiger partial charge in [0.05, 0.1) is 58.1 Å². The molecule has 0 fully saturated rings. The number of aromatic nitrogens is 2. The van der Waals surface area contributed by atoms with E-state index in [1.165, 1.54) is 0 Å². The highest BCUT2D eigenvalue weighted by atomic mass is 16.3. The molecular weight excluding hydrogens is 981 g/mol. The highest BCUT2D eigenvalue weighted by Gasteiger charge is 2.24. The summed E-state index contributed by atoms with van der Waals surface area (Å²) in [7, 11) is 7.32. The second-order valence-corrected chi connectivity index (χ2v) is 18.6. The first-order chi connectivity index (χ1) is 37.4. The molecule has 1 aliphatic heterocycles. The van der Waals surface area contributed by atoms with Crippen LogP contribution in [0.5, 0.6) is 5.75 Å². The van der Waals surface area contributed by atoms with Crippen LogP contribution in [0.25, 0.3) is 0 Å². The number of aliphatic hydroxyl groups excluding tert-OH is 4. The number of hydrogen-bond acceptors (Lipinski definition) is 17. The van der Waals surface area contributed by atoms with Crippen LogP contribution in [0.1, 0.15) is 33.6 Å². The largest absolute Gasteiger partial charge is 0.505 e. The van der Waals surface area contributed by atoms with Gasteiger partial charge in [-0.15, -0.1) is 5.11 Å². The van der Waals surface area contributed by atoms with Gasteiger partial charge in [-0.25, -0.2) is 9.13 Å². The summed E-state index contributed by atoms with van der Waals surface area (Å²) in [6.07, 6.45) is 8.67. The van der Waals surface area contributed by atoms with Crippen LogP contribution in [0.2, 0.25) is 0 Å². The summed E-state index contributed by atoms with van der Waals surface area (Å²) in [6.45, 7) is 3.88. The van der Waals surface area contributed by atoms with E-state index in [0.29, 0.717) is 99.3 Å². The molecule has 0 bridgehead atoms. The number of nitrogens with zero attached hydrogens (tertiary/aromatic N) is 12. The molecule has 7 N–H and O–H groups in total. The molecule has 0 saturated heterocycles. The Morgan fingerprint density at radius 1 is 0.597 bits per heavy atom. The predicted molar refractivity (Wildman–Crippen MR) is 298 cm³/mol. The van der Waals surface area contributed by atoms with Crippen LogP contribution in [0.15, 0.2) is 161 Å². The van der Waals surface area contributed by atoms with E-state index in [0.717, 1.165) is 28.4 Å². The van der Waals surface area contributed by atoms with Crippen molar-refractivity contribution in [3.8, 4) is 5.75 Å². The van der Waals surface area contributed by atoms with E-state index in [9.17, 15) is 35.1 Å². The molecule has 77 heavy (non-hydrogen) atoms. The van der Waals surface area contributed by atoms with Crippen molar-refractivity contribution in [1.29, 1.82) is 0 Å². The van der Waals surface area contributed by atoms with Gasteiger partial charge < -0.3 is 65.6 Å². The van der Waals surface area contributed by atoms with Crippen LogP contribution < -0.4 is 25.0 Å². The first-order valence-corrected chi connectivity index (χ1v) is 25.6. The van der Waals surface area contributed by atoms with Crippen LogP contribution in [-0.2, 0) is 13.6 Å². The third kappa shape index (κ3) is 15.6. The fraction of sp³-hybridized carbons (Fsp3) is 0.339. The summed E-state index contributed by atoms with van der Waals surface area (Å²) in [6, 6.07) is 34.9. The Hall–Kier alpha value is -8.37. The molecule has 1 unspecified atom stereocenters. The molecule has 5 aromatic carbocycles. The number of benzene rings is 5. The molecule has 0 radical (unpaired) electrons. The van der Waals surface area contributed by atoms with E-state index in [1.54, 1.807) is 66.4 Å². The molecule has 1 atom stereocenters. The number of nitrogens with one attached hydrogen (secondary N) is 2. The van der Waals surface area contributed by atoms with Gasteiger partial charge in [-0.3, -0.25) is 9.59 Å². The number of hydrogen-bond donors (Lipinski definition) is 7. The van der Waals surface area contributed by atoms with Crippen LogP contribution >= 0.6 is 0 Å². The van der Waals surface area contributed by atoms with Gasteiger partial charge in [-0.1, -0.05) is 5.11 Å². The topological polar surface area (TPSA) is 237 Å². The number of aliphatic hydroxyl groups is 4. The van der Waals surface area contributed by atoms with Gasteiger partial charge in [0.15, 0.2) is 0 Å². The van der Waals surface area contributed by atoms with Crippen LogP contribution in [0, 0.1) is 0 Å². The molecule has 1 aromatic heterocycles. The zero-order valence-corrected chi connectivity index (χ0v) is 44.2. The minimum Gasteiger partial charge on any atom is -0.505 e. The summed E-state index contributed by atoms with van der Waals surface area (Å²) in [5, 5.41) is 72.9. The number of carbonyl (C=O) groups is 2. The highest BCUT2D eigenvalue weighted by Crippen LogP contribution is 2.33. The van der Waals surface area contributed by atoms with Crippen LogP contribution in [0.4, 0.5) is 51.4 Å². The van der Waals surface area contributed by atoms with Crippen LogP contribution in [-0.4, -0.2) is 161 Å².